The fourth-order valence-corrected chi connectivity index (χ4v) is 6.43. The summed E-state index contributed by atoms with van der Waals surface area (Å²) in [5.74, 6) is 0.686. The van der Waals surface area contributed by atoms with Crippen molar-refractivity contribution in [1.82, 2.24) is 19.9 Å². The van der Waals surface area contributed by atoms with Crippen LogP contribution >= 0.6 is 0 Å². The first kappa shape index (κ1) is 41.3. The van der Waals surface area contributed by atoms with Crippen LogP contribution in [-0.4, -0.2) is 19.9 Å². The van der Waals surface area contributed by atoms with E-state index in [9.17, 15) is 0 Å². The molecule has 0 spiro atoms. The molecule has 0 atom stereocenters. The predicted octanol–water partition coefficient (Wildman–Crippen LogP) is 13.8. The average Bonchev–Trinajstić information content (AvgIpc) is 3.32. The molecule has 0 aliphatic rings. The summed E-state index contributed by atoms with van der Waals surface area (Å²) in [5.41, 5.74) is 14.2. The van der Waals surface area contributed by atoms with E-state index in [1.54, 1.807) is 24.3 Å². The van der Waals surface area contributed by atoms with Crippen molar-refractivity contribution in [2.24, 2.45) is 0 Å². The van der Waals surface area contributed by atoms with Gasteiger partial charge in [-0.25, -0.2) is 19.9 Å². The summed E-state index contributed by atoms with van der Waals surface area (Å²) in [5, 5.41) is 15.1. The molecule has 0 saturated heterocycles. The summed E-state index contributed by atoms with van der Waals surface area (Å²) in [6.45, 7) is 12.7. The predicted molar refractivity (Wildman–Crippen MR) is 248 cm³/mol. The molecule has 6 aromatic carbocycles. The molecule has 0 fully saturated rings. The number of allylic oxidation sites excluding steroid dienone is 1. The Morgan fingerprint density at radius 2 is 0.817 bits per heavy atom. The Kier molecular flexibility index (Phi) is 14.3. The van der Waals surface area contributed by atoms with Crippen molar-refractivity contribution >= 4 is 12.2 Å². The summed E-state index contributed by atoms with van der Waals surface area (Å²) in [6, 6.07) is 61.9. The second kappa shape index (κ2) is 20.7. The maximum atomic E-state index is 7.74. The van der Waals surface area contributed by atoms with E-state index in [0.717, 1.165) is 72.8 Å². The van der Waals surface area contributed by atoms with Gasteiger partial charge in [0.2, 0.25) is 0 Å². The Morgan fingerprint density at radius 3 is 1.25 bits per heavy atom. The van der Waals surface area contributed by atoms with Crippen LogP contribution in [0.2, 0.25) is 0 Å². The van der Waals surface area contributed by atoms with Crippen LogP contribution in [0, 0.1) is 22.7 Å². The van der Waals surface area contributed by atoms with Crippen molar-refractivity contribution in [2.45, 2.75) is 13.3 Å². The topological polar surface area (TPSA) is 99.1 Å². The first-order chi connectivity index (χ1) is 29.5. The van der Waals surface area contributed by atoms with Crippen LogP contribution in [-0.2, 0) is 0 Å². The molecule has 8 aromatic rings. The third kappa shape index (κ3) is 10.2. The van der Waals surface area contributed by atoms with Gasteiger partial charge in [-0.05, 0) is 46.5 Å². The van der Waals surface area contributed by atoms with Gasteiger partial charge < -0.3 is 0 Å². The number of nitrogens with zero attached hydrogens (tertiary/aromatic N) is 6. The zero-order valence-corrected chi connectivity index (χ0v) is 33.4. The van der Waals surface area contributed by atoms with Crippen LogP contribution in [0.1, 0.15) is 24.7 Å². The minimum absolute atomic E-state index is 0.458. The molecule has 0 aliphatic carbocycles. The molecular formula is C54H42N6. The number of nitriles is 2. The Balaban J connectivity index is 0.000000695. The van der Waals surface area contributed by atoms with Gasteiger partial charge in [-0.15, -0.1) is 6.58 Å². The van der Waals surface area contributed by atoms with Crippen molar-refractivity contribution in [3.05, 3.63) is 207 Å². The molecule has 0 saturated carbocycles. The van der Waals surface area contributed by atoms with Crippen LogP contribution in [0.25, 0.3) is 90.8 Å². The van der Waals surface area contributed by atoms with Crippen LogP contribution < -0.4 is 0 Å². The molecule has 6 nitrogen and oxygen atoms in total. The van der Waals surface area contributed by atoms with Gasteiger partial charge in [0.15, 0.2) is 5.82 Å². The quantitative estimate of drug-likeness (QED) is 0.128. The lowest BCUT2D eigenvalue weighted by Gasteiger charge is -2.14. The lowest BCUT2D eigenvalue weighted by atomic mass is 9.97. The molecule has 8 rings (SSSR count). The number of benzene rings is 6. The summed E-state index contributed by atoms with van der Waals surface area (Å²) in [7, 11) is 0. The lowest BCUT2D eigenvalue weighted by Crippen LogP contribution is -2.00. The fraction of sp³-hybridized carbons (Fsp3) is 0.0370. The summed E-state index contributed by atoms with van der Waals surface area (Å²) < 4.78 is 0. The van der Waals surface area contributed by atoms with Crippen molar-refractivity contribution in [1.29, 1.82) is 10.5 Å². The van der Waals surface area contributed by atoms with Crippen LogP contribution in [0.3, 0.4) is 0 Å². The smallest absolute Gasteiger partial charge is 0.160 e. The van der Waals surface area contributed by atoms with Gasteiger partial charge in [0.05, 0.1) is 52.7 Å². The molecule has 2 heterocycles. The van der Waals surface area contributed by atoms with Crippen LogP contribution in [0.5, 0.6) is 0 Å². The minimum atomic E-state index is 0.458. The highest BCUT2D eigenvalue weighted by Crippen LogP contribution is 2.35. The van der Waals surface area contributed by atoms with Crippen molar-refractivity contribution in [2.75, 3.05) is 0 Å². The SMILES string of the molecule is C=CCC#N.C=Cc1nc(-c2ccc(-c3ccc(-c4nc(-c5ccccc5)cc(-c5ccccc5)n4)cc3)cc2)c(-c2cccc(-c3ccccc3)c2)nc1C=C.CC#N. The van der Waals surface area contributed by atoms with E-state index in [0.29, 0.717) is 23.6 Å². The zero-order chi connectivity index (χ0) is 42.1. The number of hydrogen-bond donors (Lipinski definition) is 0. The van der Waals surface area contributed by atoms with Crippen LogP contribution in [0.4, 0.5) is 0 Å². The van der Waals surface area contributed by atoms with Crippen molar-refractivity contribution in [3.8, 4) is 90.8 Å². The molecule has 0 aliphatic heterocycles. The fourth-order valence-electron chi connectivity index (χ4n) is 6.43. The molecule has 0 N–H and O–H groups in total. The Labute approximate surface area is 352 Å². The molecule has 0 amide bonds. The number of aromatic nitrogens is 4. The zero-order valence-electron chi connectivity index (χ0n) is 33.4. The normalized spacial score (nSPS) is 9.98. The lowest BCUT2D eigenvalue weighted by molar-refractivity contribution is 1.17. The molecule has 0 radical (unpaired) electrons. The van der Waals surface area contributed by atoms with Gasteiger partial charge in [0.25, 0.3) is 0 Å². The maximum absolute atomic E-state index is 7.74. The van der Waals surface area contributed by atoms with Gasteiger partial charge >= 0.3 is 0 Å². The van der Waals surface area contributed by atoms with Gasteiger partial charge in [-0.3, -0.25) is 0 Å². The third-order valence-corrected chi connectivity index (χ3v) is 9.32. The largest absolute Gasteiger partial charge is 0.244 e. The van der Waals surface area contributed by atoms with Gasteiger partial charge in [-0.1, -0.05) is 177 Å². The highest BCUT2D eigenvalue weighted by atomic mass is 14.9. The van der Waals surface area contributed by atoms with E-state index in [4.69, 9.17) is 30.5 Å². The first-order valence-corrected chi connectivity index (χ1v) is 19.3. The van der Waals surface area contributed by atoms with E-state index in [1.165, 1.54) is 6.92 Å². The van der Waals surface area contributed by atoms with E-state index in [2.05, 4.69) is 147 Å². The van der Waals surface area contributed by atoms with E-state index >= 15 is 0 Å². The average molecular weight is 775 g/mol. The molecule has 6 heteroatoms. The molecule has 0 bridgehead atoms. The standard InChI is InChI=1S/C48H34N4.C4H5N.C2H3N/c1-3-42-43(4-2)50-47(41-22-14-21-40(31-41)33-15-8-5-9-16-33)46(49-42)38-27-23-34(24-28-38)35-25-29-39(30-26-35)48-51-44(36-17-10-6-11-18-36)32-45(52-48)37-19-12-7-13-20-37;1-2-3-4-5;1-2-3/h3-32H,1-2H2;2H,1,3H2;1H3. The van der Waals surface area contributed by atoms with Crippen molar-refractivity contribution in [3.63, 3.8) is 0 Å². The molecular weight excluding hydrogens is 733 g/mol. The Morgan fingerprint density at radius 1 is 0.433 bits per heavy atom. The second-order valence-electron chi connectivity index (χ2n) is 13.3. The molecule has 0 unspecified atom stereocenters. The number of hydrogen-bond acceptors (Lipinski definition) is 6. The monoisotopic (exact) mass is 774 g/mol. The van der Waals surface area contributed by atoms with E-state index in [1.807, 2.05) is 48.5 Å². The maximum Gasteiger partial charge on any atom is 0.160 e. The van der Waals surface area contributed by atoms with Crippen LogP contribution in [0.15, 0.2) is 196 Å². The minimum Gasteiger partial charge on any atom is -0.244 e. The highest BCUT2D eigenvalue weighted by molar-refractivity contribution is 5.83. The third-order valence-electron chi connectivity index (χ3n) is 9.32. The second-order valence-corrected chi connectivity index (χ2v) is 13.3. The molecule has 2 aromatic heterocycles. The van der Waals surface area contributed by atoms with Crippen molar-refractivity contribution < 1.29 is 0 Å². The van der Waals surface area contributed by atoms with Gasteiger partial charge in [0, 0.05) is 34.7 Å². The summed E-state index contributed by atoms with van der Waals surface area (Å²) >= 11 is 0. The highest BCUT2D eigenvalue weighted by Gasteiger charge is 2.16. The first-order valence-electron chi connectivity index (χ1n) is 19.3. The Bertz CT molecular complexity index is 2720. The van der Waals surface area contributed by atoms with E-state index < -0.39 is 0 Å². The van der Waals surface area contributed by atoms with Gasteiger partial charge in [-0.2, -0.15) is 10.5 Å². The summed E-state index contributed by atoms with van der Waals surface area (Å²) in [4.78, 5) is 20.1. The molecule has 60 heavy (non-hydrogen) atoms. The number of rotatable bonds is 10. The van der Waals surface area contributed by atoms with Gasteiger partial charge in [0.1, 0.15) is 0 Å². The summed E-state index contributed by atoms with van der Waals surface area (Å²) in [6.07, 6.45) is 5.49. The molecule has 288 valence electrons. The van der Waals surface area contributed by atoms with E-state index in [-0.39, 0.29) is 0 Å². The Hall–Kier alpha value is -8.32.